The Hall–Kier alpha value is -0.280. The normalized spacial score (nSPS) is 21.7. The topological polar surface area (TPSA) is 15.3 Å². The molecule has 1 heterocycles. The van der Waals surface area contributed by atoms with Crippen LogP contribution in [0.3, 0.4) is 0 Å². The van der Waals surface area contributed by atoms with E-state index in [1.54, 1.807) is 0 Å². The quantitative estimate of drug-likeness (QED) is 0.911. The van der Waals surface area contributed by atoms with Crippen molar-refractivity contribution in [2.24, 2.45) is 0 Å². The minimum atomic E-state index is 0.587. The van der Waals surface area contributed by atoms with E-state index in [-0.39, 0.29) is 0 Å². The predicted octanol–water partition coefficient (Wildman–Crippen LogP) is 2.83. The van der Waals surface area contributed by atoms with Gasteiger partial charge in [-0.1, -0.05) is 29.3 Å². The third-order valence-corrected chi connectivity index (χ3v) is 3.75. The lowest BCUT2D eigenvalue weighted by atomic mass is 10.1. The second kappa shape index (κ2) is 6.05. The fourth-order valence-corrected chi connectivity index (χ4v) is 2.72. The average molecular weight is 273 g/mol. The van der Waals surface area contributed by atoms with Gasteiger partial charge in [-0.05, 0) is 31.0 Å². The van der Waals surface area contributed by atoms with Crippen molar-refractivity contribution in [3.63, 3.8) is 0 Å². The molecule has 0 aromatic heterocycles. The van der Waals surface area contributed by atoms with Gasteiger partial charge >= 0.3 is 0 Å². The molecule has 2 rings (SSSR count). The maximum absolute atomic E-state index is 6.16. The molecule has 17 heavy (non-hydrogen) atoms. The van der Waals surface area contributed by atoms with Crippen molar-refractivity contribution >= 4 is 23.2 Å². The van der Waals surface area contributed by atoms with Gasteiger partial charge in [0.25, 0.3) is 0 Å². The lowest BCUT2D eigenvalue weighted by Crippen LogP contribution is -2.49. The second-order valence-electron chi connectivity index (χ2n) is 4.64. The van der Waals surface area contributed by atoms with Gasteiger partial charge < -0.3 is 10.2 Å². The molecule has 4 heteroatoms. The van der Waals surface area contributed by atoms with Gasteiger partial charge in [0.15, 0.2) is 0 Å². The highest BCUT2D eigenvalue weighted by Gasteiger charge is 2.15. The summed E-state index contributed by atoms with van der Waals surface area (Å²) in [6.07, 6.45) is 0.989. The molecule has 1 unspecified atom stereocenters. The molecule has 1 aromatic carbocycles. The summed E-state index contributed by atoms with van der Waals surface area (Å²) in [5.41, 5.74) is 1.18. The van der Waals surface area contributed by atoms with E-state index >= 15 is 0 Å². The van der Waals surface area contributed by atoms with Crippen LogP contribution in [0.1, 0.15) is 12.5 Å². The van der Waals surface area contributed by atoms with Crippen LogP contribution in [0.5, 0.6) is 0 Å². The molecule has 1 N–H and O–H groups in total. The molecule has 2 nitrogen and oxygen atoms in total. The van der Waals surface area contributed by atoms with Gasteiger partial charge in [0.2, 0.25) is 0 Å². The zero-order chi connectivity index (χ0) is 12.3. The lowest BCUT2D eigenvalue weighted by molar-refractivity contribution is 0.209. The van der Waals surface area contributed by atoms with Gasteiger partial charge in [0, 0.05) is 42.3 Å². The minimum absolute atomic E-state index is 0.587. The molecule has 1 atom stereocenters. The highest BCUT2D eigenvalue weighted by Crippen LogP contribution is 2.21. The molecule has 0 spiro atoms. The van der Waals surface area contributed by atoms with Crippen LogP contribution in [0.2, 0.25) is 10.0 Å². The number of hydrogen-bond acceptors (Lipinski definition) is 2. The largest absolute Gasteiger partial charge is 0.312 e. The first kappa shape index (κ1) is 13.2. The summed E-state index contributed by atoms with van der Waals surface area (Å²) in [4.78, 5) is 2.48. The second-order valence-corrected chi connectivity index (χ2v) is 5.49. The van der Waals surface area contributed by atoms with E-state index in [1.165, 1.54) is 5.56 Å². The van der Waals surface area contributed by atoms with E-state index in [4.69, 9.17) is 23.2 Å². The number of halogens is 2. The Kier molecular flexibility index (Phi) is 4.69. The highest BCUT2D eigenvalue weighted by molar-refractivity contribution is 6.35. The number of benzene rings is 1. The molecule has 0 radical (unpaired) electrons. The van der Waals surface area contributed by atoms with Crippen molar-refractivity contribution in [3.05, 3.63) is 33.8 Å². The Labute approximate surface area is 113 Å². The molecular weight excluding hydrogens is 255 g/mol. The molecule has 94 valence electrons. The number of nitrogens with zero attached hydrogens (tertiary/aromatic N) is 1. The molecule has 1 fully saturated rings. The smallest absolute Gasteiger partial charge is 0.0453 e. The fourth-order valence-electron chi connectivity index (χ4n) is 2.22. The molecule has 0 saturated carbocycles. The molecule has 0 amide bonds. The Morgan fingerprint density at radius 2 is 2.24 bits per heavy atom. The van der Waals surface area contributed by atoms with Crippen molar-refractivity contribution in [1.29, 1.82) is 0 Å². The molecule has 1 aromatic rings. The minimum Gasteiger partial charge on any atom is -0.312 e. The van der Waals surface area contributed by atoms with Crippen LogP contribution in [0.4, 0.5) is 0 Å². The lowest BCUT2D eigenvalue weighted by Gasteiger charge is -2.31. The number of rotatable bonds is 3. The maximum Gasteiger partial charge on any atom is 0.0453 e. The van der Waals surface area contributed by atoms with Crippen molar-refractivity contribution in [2.75, 3.05) is 26.2 Å². The van der Waals surface area contributed by atoms with E-state index in [9.17, 15) is 0 Å². The first-order chi connectivity index (χ1) is 8.15. The molecule has 1 aliphatic rings. The van der Waals surface area contributed by atoms with Crippen molar-refractivity contribution < 1.29 is 0 Å². The Balaban J connectivity index is 1.88. The Morgan fingerprint density at radius 1 is 1.41 bits per heavy atom. The van der Waals surface area contributed by atoms with E-state index in [0.29, 0.717) is 11.1 Å². The van der Waals surface area contributed by atoms with Gasteiger partial charge in [0.1, 0.15) is 0 Å². The maximum atomic E-state index is 6.16. The molecule has 0 bridgehead atoms. The van der Waals surface area contributed by atoms with Gasteiger partial charge in [-0.25, -0.2) is 0 Å². The summed E-state index contributed by atoms with van der Waals surface area (Å²) < 4.78 is 0. The van der Waals surface area contributed by atoms with Crippen LogP contribution in [0.15, 0.2) is 18.2 Å². The monoisotopic (exact) mass is 272 g/mol. The van der Waals surface area contributed by atoms with E-state index < -0.39 is 0 Å². The van der Waals surface area contributed by atoms with Crippen LogP contribution < -0.4 is 5.32 Å². The zero-order valence-corrected chi connectivity index (χ0v) is 11.6. The van der Waals surface area contributed by atoms with Crippen molar-refractivity contribution in [1.82, 2.24) is 10.2 Å². The van der Waals surface area contributed by atoms with Crippen LogP contribution >= 0.6 is 23.2 Å². The SMILES string of the molecule is CC1CN(CCc2ccc(Cl)cc2Cl)CCN1. The van der Waals surface area contributed by atoms with Crippen molar-refractivity contribution in [3.8, 4) is 0 Å². The Bertz CT molecular complexity index is 382. The van der Waals surface area contributed by atoms with Gasteiger partial charge in [-0.15, -0.1) is 0 Å². The fraction of sp³-hybridized carbons (Fsp3) is 0.538. The summed E-state index contributed by atoms with van der Waals surface area (Å²) in [6.45, 7) is 6.60. The third-order valence-electron chi connectivity index (χ3n) is 3.17. The third kappa shape index (κ3) is 3.85. The summed E-state index contributed by atoms with van der Waals surface area (Å²) in [6, 6.07) is 6.34. The van der Waals surface area contributed by atoms with Gasteiger partial charge in [0.05, 0.1) is 0 Å². The van der Waals surface area contributed by atoms with Crippen LogP contribution in [0, 0.1) is 0 Å². The summed E-state index contributed by atoms with van der Waals surface area (Å²) in [5.74, 6) is 0. The summed E-state index contributed by atoms with van der Waals surface area (Å²) in [5, 5.41) is 4.93. The number of hydrogen-bond donors (Lipinski definition) is 1. The summed E-state index contributed by atoms with van der Waals surface area (Å²) in [7, 11) is 0. The van der Waals surface area contributed by atoms with Crippen LogP contribution in [0.25, 0.3) is 0 Å². The molecule has 1 aliphatic heterocycles. The highest BCUT2D eigenvalue weighted by atomic mass is 35.5. The number of nitrogens with one attached hydrogen (secondary N) is 1. The standard InChI is InChI=1S/C13H18Cl2N2/c1-10-9-17(7-5-16-10)6-4-11-2-3-12(14)8-13(11)15/h2-3,8,10,16H,4-7,9H2,1H3. The zero-order valence-electron chi connectivity index (χ0n) is 10.0. The first-order valence-electron chi connectivity index (χ1n) is 6.05. The molecule has 1 saturated heterocycles. The predicted molar refractivity (Wildman–Crippen MR) is 74.1 cm³/mol. The average Bonchev–Trinajstić information content (AvgIpc) is 2.28. The van der Waals surface area contributed by atoms with Crippen LogP contribution in [-0.2, 0) is 6.42 Å². The van der Waals surface area contributed by atoms with E-state index in [0.717, 1.165) is 37.6 Å². The van der Waals surface area contributed by atoms with E-state index in [1.807, 2.05) is 18.2 Å². The van der Waals surface area contributed by atoms with Crippen LogP contribution in [-0.4, -0.2) is 37.1 Å². The molecular formula is C13H18Cl2N2. The van der Waals surface area contributed by atoms with Crippen molar-refractivity contribution in [2.45, 2.75) is 19.4 Å². The molecule has 0 aliphatic carbocycles. The number of piperazine rings is 1. The Morgan fingerprint density at radius 3 is 2.94 bits per heavy atom. The summed E-state index contributed by atoms with van der Waals surface area (Å²) >= 11 is 12.0. The van der Waals surface area contributed by atoms with Gasteiger partial charge in [-0.2, -0.15) is 0 Å². The first-order valence-corrected chi connectivity index (χ1v) is 6.80. The van der Waals surface area contributed by atoms with Gasteiger partial charge in [-0.3, -0.25) is 0 Å². The van der Waals surface area contributed by atoms with E-state index in [2.05, 4.69) is 17.1 Å².